The number of rotatable bonds is 2. The highest BCUT2D eigenvalue weighted by molar-refractivity contribution is 5.36. The van der Waals surface area contributed by atoms with E-state index in [2.05, 4.69) is 0 Å². The van der Waals surface area contributed by atoms with Crippen LogP contribution >= 0.6 is 0 Å². The Morgan fingerprint density at radius 3 is 2.47 bits per heavy atom. The fraction of sp³-hybridized carbons (Fsp3) is 0.500. The summed E-state index contributed by atoms with van der Waals surface area (Å²) < 4.78 is 13.6. The van der Waals surface area contributed by atoms with Gasteiger partial charge in [0.15, 0.2) is 0 Å². The Labute approximate surface area is 88.9 Å². The van der Waals surface area contributed by atoms with Gasteiger partial charge in [-0.2, -0.15) is 0 Å². The summed E-state index contributed by atoms with van der Waals surface area (Å²) in [6.07, 6.45) is 3.34. The molecule has 3 heteroatoms. The summed E-state index contributed by atoms with van der Waals surface area (Å²) in [5.74, 6) is -0.325. The normalized spacial score (nSPS) is 17.3. The molecule has 0 fully saturated rings. The standard InChI is InChI=1S/C12H16FNO/c13-11-6-9-4-2-1-3-8(9)5-10(11)12(15)7-14/h5-6,12,15H,1-4,7,14H2. The molecule has 0 bridgehead atoms. The zero-order chi connectivity index (χ0) is 10.8. The molecular formula is C12H16FNO. The van der Waals surface area contributed by atoms with Crippen LogP contribution < -0.4 is 5.73 Å². The molecule has 0 spiro atoms. The predicted octanol–water partition coefficient (Wildman–Crippen LogP) is 1.70. The van der Waals surface area contributed by atoms with Crippen molar-refractivity contribution in [2.24, 2.45) is 5.73 Å². The summed E-state index contributed by atoms with van der Waals surface area (Å²) in [5.41, 5.74) is 7.94. The molecule has 2 rings (SSSR count). The number of nitrogens with two attached hydrogens (primary N) is 1. The minimum absolute atomic E-state index is 0.0652. The molecule has 15 heavy (non-hydrogen) atoms. The number of aliphatic hydroxyl groups is 1. The van der Waals surface area contributed by atoms with Crippen LogP contribution in [0.3, 0.4) is 0 Å². The summed E-state index contributed by atoms with van der Waals surface area (Å²) in [7, 11) is 0. The van der Waals surface area contributed by atoms with Crippen molar-refractivity contribution in [3.05, 3.63) is 34.6 Å². The van der Waals surface area contributed by atoms with Gasteiger partial charge in [-0.05, 0) is 48.9 Å². The minimum atomic E-state index is -0.878. The van der Waals surface area contributed by atoms with Gasteiger partial charge in [-0.3, -0.25) is 0 Å². The van der Waals surface area contributed by atoms with Crippen molar-refractivity contribution >= 4 is 0 Å². The molecule has 0 heterocycles. The Hall–Kier alpha value is -0.930. The van der Waals surface area contributed by atoms with Gasteiger partial charge in [-0.15, -0.1) is 0 Å². The van der Waals surface area contributed by atoms with E-state index >= 15 is 0 Å². The third-order valence-corrected chi connectivity index (χ3v) is 3.04. The SMILES string of the molecule is NCC(O)c1cc2c(cc1F)CCCC2. The van der Waals surface area contributed by atoms with E-state index in [0.29, 0.717) is 5.56 Å². The molecule has 0 saturated carbocycles. The first-order valence-electron chi connectivity index (χ1n) is 5.41. The number of fused-ring (bicyclic) bond motifs is 1. The summed E-state index contributed by atoms with van der Waals surface area (Å²) >= 11 is 0. The second-order valence-corrected chi connectivity index (χ2v) is 4.10. The molecule has 2 nitrogen and oxygen atoms in total. The van der Waals surface area contributed by atoms with Gasteiger partial charge in [-0.1, -0.05) is 0 Å². The number of benzene rings is 1. The molecule has 1 aromatic rings. The maximum absolute atomic E-state index is 13.6. The third kappa shape index (κ3) is 2.03. The first-order valence-corrected chi connectivity index (χ1v) is 5.41. The Kier molecular flexibility index (Phi) is 3.03. The predicted molar refractivity (Wildman–Crippen MR) is 57.1 cm³/mol. The van der Waals surface area contributed by atoms with E-state index in [0.717, 1.165) is 31.2 Å². The second kappa shape index (κ2) is 4.29. The van der Waals surface area contributed by atoms with E-state index in [1.54, 1.807) is 12.1 Å². The monoisotopic (exact) mass is 209 g/mol. The molecule has 0 saturated heterocycles. The van der Waals surface area contributed by atoms with E-state index in [1.807, 2.05) is 0 Å². The Morgan fingerprint density at radius 2 is 1.87 bits per heavy atom. The third-order valence-electron chi connectivity index (χ3n) is 3.04. The van der Waals surface area contributed by atoms with E-state index < -0.39 is 6.10 Å². The van der Waals surface area contributed by atoms with Crippen molar-refractivity contribution in [2.45, 2.75) is 31.8 Å². The zero-order valence-electron chi connectivity index (χ0n) is 8.67. The molecule has 0 radical (unpaired) electrons. The van der Waals surface area contributed by atoms with Crippen LogP contribution in [-0.4, -0.2) is 11.7 Å². The molecule has 1 aliphatic rings. The molecule has 3 N–H and O–H groups in total. The van der Waals surface area contributed by atoms with E-state index in [9.17, 15) is 9.50 Å². The van der Waals surface area contributed by atoms with Crippen molar-refractivity contribution in [1.82, 2.24) is 0 Å². The van der Waals surface area contributed by atoms with Gasteiger partial charge in [0.25, 0.3) is 0 Å². The van der Waals surface area contributed by atoms with Crippen LogP contribution in [0.1, 0.15) is 35.6 Å². The van der Waals surface area contributed by atoms with Gasteiger partial charge < -0.3 is 10.8 Å². The fourth-order valence-corrected chi connectivity index (χ4v) is 2.16. The number of hydrogen-bond acceptors (Lipinski definition) is 2. The molecule has 1 aromatic carbocycles. The maximum Gasteiger partial charge on any atom is 0.129 e. The summed E-state index contributed by atoms with van der Waals surface area (Å²) in [5, 5.41) is 9.55. The van der Waals surface area contributed by atoms with Gasteiger partial charge in [0, 0.05) is 12.1 Å². The molecule has 1 aliphatic carbocycles. The van der Waals surface area contributed by atoms with Crippen LogP contribution in [0.4, 0.5) is 4.39 Å². The highest BCUT2D eigenvalue weighted by atomic mass is 19.1. The summed E-state index contributed by atoms with van der Waals surface area (Å²) in [4.78, 5) is 0. The molecule has 0 aromatic heterocycles. The molecule has 82 valence electrons. The lowest BCUT2D eigenvalue weighted by atomic mass is 9.89. The topological polar surface area (TPSA) is 46.2 Å². The van der Waals surface area contributed by atoms with Crippen LogP contribution in [-0.2, 0) is 12.8 Å². The van der Waals surface area contributed by atoms with Crippen LogP contribution in [0, 0.1) is 5.82 Å². The lowest BCUT2D eigenvalue weighted by Crippen LogP contribution is -2.15. The highest BCUT2D eigenvalue weighted by Crippen LogP contribution is 2.26. The summed E-state index contributed by atoms with van der Waals surface area (Å²) in [6.45, 7) is 0.0652. The number of hydrogen-bond donors (Lipinski definition) is 2. The van der Waals surface area contributed by atoms with Gasteiger partial charge in [0.1, 0.15) is 5.82 Å². The Balaban J connectivity index is 2.40. The van der Waals surface area contributed by atoms with Gasteiger partial charge in [0.05, 0.1) is 6.10 Å². The second-order valence-electron chi connectivity index (χ2n) is 4.10. The average molecular weight is 209 g/mol. The van der Waals surface area contributed by atoms with Crippen molar-refractivity contribution in [1.29, 1.82) is 0 Å². The Morgan fingerprint density at radius 1 is 1.27 bits per heavy atom. The molecule has 0 amide bonds. The first-order chi connectivity index (χ1) is 7.22. The van der Waals surface area contributed by atoms with Gasteiger partial charge in [-0.25, -0.2) is 4.39 Å². The van der Waals surface area contributed by atoms with Crippen molar-refractivity contribution in [3.63, 3.8) is 0 Å². The molecule has 0 aliphatic heterocycles. The summed E-state index contributed by atoms with van der Waals surface area (Å²) in [6, 6.07) is 3.34. The van der Waals surface area contributed by atoms with Crippen molar-refractivity contribution in [2.75, 3.05) is 6.54 Å². The van der Waals surface area contributed by atoms with Crippen LogP contribution in [0.15, 0.2) is 12.1 Å². The highest BCUT2D eigenvalue weighted by Gasteiger charge is 2.17. The van der Waals surface area contributed by atoms with Crippen LogP contribution in [0.5, 0.6) is 0 Å². The lowest BCUT2D eigenvalue weighted by Gasteiger charge is -2.19. The van der Waals surface area contributed by atoms with Crippen molar-refractivity contribution in [3.8, 4) is 0 Å². The lowest BCUT2D eigenvalue weighted by molar-refractivity contribution is 0.181. The van der Waals surface area contributed by atoms with Crippen LogP contribution in [0.2, 0.25) is 0 Å². The molecule has 1 atom stereocenters. The first kappa shape index (κ1) is 10.6. The Bertz CT molecular complexity index is 365. The molecular weight excluding hydrogens is 193 g/mol. The largest absolute Gasteiger partial charge is 0.387 e. The van der Waals surface area contributed by atoms with Gasteiger partial charge >= 0.3 is 0 Å². The quantitative estimate of drug-likeness (QED) is 0.778. The van der Waals surface area contributed by atoms with Crippen LogP contribution in [0.25, 0.3) is 0 Å². The van der Waals surface area contributed by atoms with E-state index in [4.69, 9.17) is 5.73 Å². The number of aryl methyl sites for hydroxylation is 2. The number of halogens is 1. The fourth-order valence-electron chi connectivity index (χ4n) is 2.16. The maximum atomic E-state index is 13.6. The van der Waals surface area contributed by atoms with Gasteiger partial charge in [0.2, 0.25) is 0 Å². The number of aliphatic hydroxyl groups excluding tert-OH is 1. The smallest absolute Gasteiger partial charge is 0.129 e. The zero-order valence-corrected chi connectivity index (χ0v) is 8.67. The van der Waals surface area contributed by atoms with E-state index in [-0.39, 0.29) is 12.4 Å². The molecule has 1 unspecified atom stereocenters. The van der Waals surface area contributed by atoms with E-state index in [1.165, 1.54) is 5.56 Å². The average Bonchev–Trinajstić information content (AvgIpc) is 2.27. The minimum Gasteiger partial charge on any atom is -0.387 e. The van der Waals surface area contributed by atoms with Crippen molar-refractivity contribution < 1.29 is 9.50 Å².